The summed E-state index contributed by atoms with van der Waals surface area (Å²) in [6.07, 6.45) is 5.88. The Hall–Kier alpha value is -1.44. The lowest BCUT2D eigenvalue weighted by Gasteiger charge is -2.36. The second-order valence-corrected chi connectivity index (χ2v) is 9.70. The van der Waals surface area contributed by atoms with E-state index in [9.17, 15) is 4.79 Å². The first kappa shape index (κ1) is 20.8. The second-order valence-electron chi connectivity index (χ2n) is 7.92. The zero-order valence-corrected chi connectivity index (χ0v) is 19.3. The van der Waals surface area contributed by atoms with Crippen LogP contribution in [0.15, 0.2) is 28.1 Å². The Labute approximate surface area is 185 Å². The van der Waals surface area contributed by atoms with Crippen molar-refractivity contribution >= 4 is 33.2 Å². The van der Waals surface area contributed by atoms with Gasteiger partial charge < -0.3 is 9.64 Å². The summed E-state index contributed by atoms with van der Waals surface area (Å²) in [5, 5.41) is 3.11. The number of benzene rings is 1. The minimum atomic E-state index is 0.275. The van der Waals surface area contributed by atoms with Gasteiger partial charge in [0.05, 0.1) is 18.4 Å². The highest BCUT2D eigenvalue weighted by Crippen LogP contribution is 2.34. The third-order valence-corrected chi connectivity index (χ3v) is 7.39. The number of amides is 1. The van der Waals surface area contributed by atoms with E-state index in [1.54, 1.807) is 18.4 Å². The third kappa shape index (κ3) is 5.01. The van der Waals surface area contributed by atoms with Crippen molar-refractivity contribution in [3.05, 3.63) is 33.7 Å². The summed E-state index contributed by atoms with van der Waals surface area (Å²) in [6, 6.07) is 5.99. The number of piperazine rings is 1. The van der Waals surface area contributed by atoms with E-state index in [-0.39, 0.29) is 5.92 Å². The molecule has 0 spiro atoms. The largest absolute Gasteiger partial charge is 0.496 e. The maximum absolute atomic E-state index is 12.7. The number of hydrogen-bond acceptors (Lipinski definition) is 5. The van der Waals surface area contributed by atoms with E-state index in [2.05, 4.69) is 37.2 Å². The molecule has 2 fully saturated rings. The Balaban J connectivity index is 1.34. The Morgan fingerprint density at radius 3 is 2.69 bits per heavy atom. The molecule has 1 aromatic heterocycles. The molecule has 0 unspecified atom stereocenters. The molecule has 1 aliphatic carbocycles. The SMILES string of the molecule is COc1ccc(Br)cc1-c1nc(CN2CCN(C(=O)C3CCCCC3)CC2)cs1. The smallest absolute Gasteiger partial charge is 0.225 e. The highest BCUT2D eigenvalue weighted by molar-refractivity contribution is 9.10. The molecule has 5 nitrogen and oxygen atoms in total. The van der Waals surface area contributed by atoms with E-state index in [1.165, 1.54) is 19.3 Å². The topological polar surface area (TPSA) is 45.7 Å². The molecule has 0 atom stereocenters. The molecule has 0 N–H and O–H groups in total. The van der Waals surface area contributed by atoms with Crippen molar-refractivity contribution < 1.29 is 9.53 Å². The Bertz CT molecular complexity index is 842. The van der Waals surface area contributed by atoms with Crippen molar-refractivity contribution in [3.63, 3.8) is 0 Å². The highest BCUT2D eigenvalue weighted by atomic mass is 79.9. The molecule has 0 bridgehead atoms. The summed E-state index contributed by atoms with van der Waals surface area (Å²) in [6.45, 7) is 4.35. The van der Waals surface area contributed by atoms with Gasteiger partial charge in [0.25, 0.3) is 0 Å². The molecule has 1 saturated heterocycles. The summed E-state index contributed by atoms with van der Waals surface area (Å²) in [5.41, 5.74) is 2.10. The minimum absolute atomic E-state index is 0.275. The standard InChI is InChI=1S/C22H28BrN3O2S/c1-28-20-8-7-17(23)13-19(20)21-24-18(15-29-21)14-25-9-11-26(12-10-25)22(27)16-5-3-2-4-6-16/h7-8,13,15-16H,2-6,9-12,14H2,1H3. The monoisotopic (exact) mass is 477 g/mol. The molecule has 156 valence electrons. The molecule has 0 radical (unpaired) electrons. The average molecular weight is 478 g/mol. The number of nitrogens with zero attached hydrogens (tertiary/aromatic N) is 3. The average Bonchev–Trinajstić information content (AvgIpc) is 3.23. The lowest BCUT2D eigenvalue weighted by atomic mass is 9.88. The molecule has 1 aliphatic heterocycles. The van der Waals surface area contributed by atoms with Crippen LogP contribution < -0.4 is 4.74 Å². The molecule has 1 saturated carbocycles. The fourth-order valence-corrected chi connectivity index (χ4v) is 5.51. The molecule has 29 heavy (non-hydrogen) atoms. The zero-order valence-electron chi connectivity index (χ0n) is 16.9. The van der Waals surface area contributed by atoms with Crippen molar-refractivity contribution in [3.8, 4) is 16.3 Å². The van der Waals surface area contributed by atoms with Crippen LogP contribution in [0.25, 0.3) is 10.6 Å². The lowest BCUT2D eigenvalue weighted by molar-refractivity contribution is -0.138. The lowest BCUT2D eigenvalue weighted by Crippen LogP contribution is -2.50. The number of thiazole rings is 1. The highest BCUT2D eigenvalue weighted by Gasteiger charge is 2.28. The van der Waals surface area contributed by atoms with Crippen LogP contribution in [0.5, 0.6) is 5.75 Å². The molecule has 2 aromatic rings. The number of aromatic nitrogens is 1. The number of hydrogen-bond donors (Lipinski definition) is 0. The van der Waals surface area contributed by atoms with E-state index in [4.69, 9.17) is 9.72 Å². The van der Waals surface area contributed by atoms with E-state index in [0.29, 0.717) is 5.91 Å². The third-order valence-electron chi connectivity index (χ3n) is 5.97. The van der Waals surface area contributed by atoms with Gasteiger partial charge in [-0.1, -0.05) is 35.2 Å². The van der Waals surface area contributed by atoms with Gasteiger partial charge in [-0.3, -0.25) is 9.69 Å². The van der Waals surface area contributed by atoms with E-state index in [1.807, 2.05) is 12.1 Å². The number of ether oxygens (including phenoxy) is 1. The van der Waals surface area contributed by atoms with E-state index >= 15 is 0 Å². The van der Waals surface area contributed by atoms with Crippen LogP contribution in [0, 0.1) is 5.92 Å². The predicted molar refractivity (Wildman–Crippen MR) is 120 cm³/mol. The van der Waals surface area contributed by atoms with Gasteiger partial charge in [-0.25, -0.2) is 4.98 Å². The van der Waals surface area contributed by atoms with Gasteiger partial charge in [0.1, 0.15) is 10.8 Å². The van der Waals surface area contributed by atoms with Crippen molar-refractivity contribution in [2.45, 2.75) is 38.6 Å². The minimum Gasteiger partial charge on any atom is -0.496 e. The van der Waals surface area contributed by atoms with Crippen LogP contribution in [-0.4, -0.2) is 54.0 Å². The van der Waals surface area contributed by atoms with Crippen LogP contribution >= 0.6 is 27.3 Å². The summed E-state index contributed by atoms with van der Waals surface area (Å²) in [5.74, 6) is 1.50. The molecule has 1 aromatic carbocycles. The van der Waals surface area contributed by atoms with Gasteiger partial charge in [-0.05, 0) is 31.0 Å². The van der Waals surface area contributed by atoms with Crippen molar-refractivity contribution in [2.24, 2.45) is 5.92 Å². The second kappa shape index (κ2) is 9.58. The van der Waals surface area contributed by atoms with E-state index < -0.39 is 0 Å². The van der Waals surface area contributed by atoms with Gasteiger partial charge >= 0.3 is 0 Å². The molecular formula is C22H28BrN3O2S. The van der Waals surface area contributed by atoms with Gasteiger partial charge in [0.15, 0.2) is 0 Å². The zero-order chi connectivity index (χ0) is 20.2. The number of carbonyl (C=O) groups excluding carboxylic acids is 1. The number of carbonyl (C=O) groups is 1. The van der Waals surface area contributed by atoms with Gasteiger partial charge in [0.2, 0.25) is 5.91 Å². The molecular weight excluding hydrogens is 450 g/mol. The van der Waals surface area contributed by atoms with Crippen molar-refractivity contribution in [1.29, 1.82) is 0 Å². The van der Waals surface area contributed by atoms with Gasteiger partial charge in [0, 0.05) is 48.5 Å². The summed E-state index contributed by atoms with van der Waals surface area (Å²) in [7, 11) is 1.69. The summed E-state index contributed by atoms with van der Waals surface area (Å²) < 4.78 is 6.51. The quantitative estimate of drug-likeness (QED) is 0.619. The number of methoxy groups -OCH3 is 1. The normalized spacial score (nSPS) is 18.8. The number of halogens is 1. The van der Waals surface area contributed by atoms with Gasteiger partial charge in [-0.2, -0.15) is 0 Å². The van der Waals surface area contributed by atoms with Crippen LogP contribution in [0.2, 0.25) is 0 Å². The number of rotatable bonds is 5. The molecule has 2 heterocycles. The molecule has 7 heteroatoms. The van der Waals surface area contributed by atoms with Crippen LogP contribution in [0.3, 0.4) is 0 Å². The Morgan fingerprint density at radius 2 is 1.97 bits per heavy atom. The van der Waals surface area contributed by atoms with Crippen molar-refractivity contribution in [1.82, 2.24) is 14.8 Å². The molecule has 4 rings (SSSR count). The maximum atomic E-state index is 12.7. The van der Waals surface area contributed by atoms with Crippen LogP contribution in [0.4, 0.5) is 0 Å². The first-order valence-electron chi connectivity index (χ1n) is 10.4. The first-order valence-corrected chi connectivity index (χ1v) is 12.1. The molecule has 2 aliphatic rings. The predicted octanol–water partition coefficient (Wildman–Crippen LogP) is 4.81. The van der Waals surface area contributed by atoms with Crippen molar-refractivity contribution in [2.75, 3.05) is 33.3 Å². The van der Waals surface area contributed by atoms with Crippen LogP contribution in [0.1, 0.15) is 37.8 Å². The summed E-state index contributed by atoms with van der Waals surface area (Å²) in [4.78, 5) is 22.1. The van der Waals surface area contributed by atoms with Gasteiger partial charge in [-0.15, -0.1) is 11.3 Å². The Morgan fingerprint density at radius 1 is 1.21 bits per heavy atom. The fraction of sp³-hybridized carbons (Fsp3) is 0.545. The Kier molecular flexibility index (Phi) is 6.88. The maximum Gasteiger partial charge on any atom is 0.225 e. The summed E-state index contributed by atoms with van der Waals surface area (Å²) >= 11 is 5.19. The first-order chi connectivity index (χ1) is 14.1. The fourth-order valence-electron chi connectivity index (χ4n) is 4.31. The van der Waals surface area contributed by atoms with Crippen LogP contribution in [-0.2, 0) is 11.3 Å². The van der Waals surface area contributed by atoms with E-state index in [0.717, 1.165) is 72.1 Å². The molecule has 1 amide bonds.